The first-order valence-electron chi connectivity index (χ1n) is 5.97. The van der Waals surface area contributed by atoms with Crippen LogP contribution in [0.1, 0.15) is 5.56 Å². The van der Waals surface area contributed by atoms with Gasteiger partial charge in [0.15, 0.2) is 0 Å². The summed E-state index contributed by atoms with van der Waals surface area (Å²) >= 11 is 12.1. The lowest BCUT2D eigenvalue weighted by Gasteiger charge is -2.09. The number of H-pyrrole nitrogens is 1. The summed E-state index contributed by atoms with van der Waals surface area (Å²) in [6, 6.07) is 13.8. The molecule has 1 aromatic heterocycles. The SMILES string of the molecule is Cl.Clc1ccc(Cl)c(NCc2ccc3[nH]ccc3c2)c1. The minimum Gasteiger partial charge on any atom is -0.380 e. The van der Waals surface area contributed by atoms with E-state index in [-0.39, 0.29) is 12.4 Å². The van der Waals surface area contributed by atoms with Crippen molar-refractivity contribution in [2.24, 2.45) is 0 Å². The number of fused-ring (bicyclic) bond motifs is 1. The average molecular weight is 328 g/mol. The van der Waals surface area contributed by atoms with Crippen LogP contribution in [0.4, 0.5) is 5.69 Å². The maximum atomic E-state index is 6.11. The number of anilines is 1. The van der Waals surface area contributed by atoms with E-state index in [4.69, 9.17) is 23.2 Å². The molecule has 104 valence electrons. The number of hydrogen-bond acceptors (Lipinski definition) is 1. The number of rotatable bonds is 3. The second-order valence-electron chi connectivity index (χ2n) is 4.38. The summed E-state index contributed by atoms with van der Waals surface area (Å²) in [5.74, 6) is 0. The topological polar surface area (TPSA) is 27.8 Å². The Morgan fingerprint density at radius 1 is 1.00 bits per heavy atom. The van der Waals surface area contributed by atoms with Crippen molar-refractivity contribution in [2.75, 3.05) is 5.32 Å². The van der Waals surface area contributed by atoms with Crippen LogP contribution in [0.25, 0.3) is 10.9 Å². The van der Waals surface area contributed by atoms with E-state index in [9.17, 15) is 0 Å². The molecule has 2 nitrogen and oxygen atoms in total. The summed E-state index contributed by atoms with van der Waals surface area (Å²) < 4.78 is 0. The smallest absolute Gasteiger partial charge is 0.0638 e. The second kappa shape index (κ2) is 6.40. The second-order valence-corrected chi connectivity index (χ2v) is 5.22. The van der Waals surface area contributed by atoms with Crippen LogP contribution < -0.4 is 5.32 Å². The molecule has 0 saturated carbocycles. The fourth-order valence-corrected chi connectivity index (χ4v) is 2.40. The zero-order valence-corrected chi connectivity index (χ0v) is 12.8. The zero-order valence-electron chi connectivity index (χ0n) is 10.5. The van der Waals surface area contributed by atoms with Gasteiger partial charge < -0.3 is 10.3 Å². The number of aromatic nitrogens is 1. The molecule has 0 amide bonds. The first-order chi connectivity index (χ1) is 9.22. The van der Waals surface area contributed by atoms with Crippen molar-refractivity contribution in [2.45, 2.75) is 6.54 Å². The van der Waals surface area contributed by atoms with Crippen molar-refractivity contribution in [3.8, 4) is 0 Å². The number of nitrogens with one attached hydrogen (secondary N) is 2. The minimum absolute atomic E-state index is 0. The highest BCUT2D eigenvalue weighted by Crippen LogP contribution is 2.26. The minimum atomic E-state index is 0. The van der Waals surface area contributed by atoms with Gasteiger partial charge in [-0.15, -0.1) is 12.4 Å². The molecule has 0 fully saturated rings. The third-order valence-electron chi connectivity index (χ3n) is 3.03. The normalized spacial score (nSPS) is 10.3. The van der Waals surface area contributed by atoms with Crippen molar-refractivity contribution in [1.82, 2.24) is 4.98 Å². The number of benzene rings is 2. The molecular weight excluding hydrogens is 315 g/mol. The van der Waals surface area contributed by atoms with E-state index >= 15 is 0 Å². The zero-order chi connectivity index (χ0) is 13.2. The van der Waals surface area contributed by atoms with Crippen LogP contribution in [-0.2, 0) is 6.54 Å². The molecular formula is C15H13Cl3N2. The summed E-state index contributed by atoms with van der Waals surface area (Å²) in [6.45, 7) is 0.710. The van der Waals surface area contributed by atoms with Crippen LogP contribution in [0.5, 0.6) is 0 Å². The molecule has 1 heterocycles. The molecule has 20 heavy (non-hydrogen) atoms. The lowest BCUT2D eigenvalue weighted by atomic mass is 10.1. The Hall–Kier alpha value is -1.35. The van der Waals surface area contributed by atoms with Crippen molar-refractivity contribution in [1.29, 1.82) is 0 Å². The summed E-state index contributed by atoms with van der Waals surface area (Å²) in [5.41, 5.74) is 3.19. The van der Waals surface area contributed by atoms with Crippen molar-refractivity contribution < 1.29 is 0 Å². The molecule has 2 aromatic carbocycles. The maximum absolute atomic E-state index is 6.11. The predicted molar refractivity (Wildman–Crippen MR) is 89.3 cm³/mol. The molecule has 0 spiro atoms. The van der Waals surface area contributed by atoms with Crippen molar-refractivity contribution >= 4 is 52.2 Å². The quantitative estimate of drug-likeness (QED) is 0.652. The highest BCUT2D eigenvalue weighted by atomic mass is 35.5. The van der Waals surface area contributed by atoms with Crippen LogP contribution in [0, 0.1) is 0 Å². The van der Waals surface area contributed by atoms with Gasteiger partial charge in [-0.1, -0.05) is 29.3 Å². The largest absolute Gasteiger partial charge is 0.380 e. The first-order valence-corrected chi connectivity index (χ1v) is 6.73. The van der Waals surface area contributed by atoms with E-state index in [1.807, 2.05) is 12.3 Å². The summed E-state index contributed by atoms with van der Waals surface area (Å²) in [5, 5.41) is 5.85. The maximum Gasteiger partial charge on any atom is 0.0638 e. The molecule has 0 aliphatic rings. The molecule has 2 N–H and O–H groups in total. The van der Waals surface area contributed by atoms with E-state index in [1.54, 1.807) is 12.1 Å². The highest BCUT2D eigenvalue weighted by molar-refractivity contribution is 6.35. The molecule has 0 bridgehead atoms. The monoisotopic (exact) mass is 326 g/mol. The summed E-state index contributed by atoms with van der Waals surface area (Å²) in [4.78, 5) is 3.18. The van der Waals surface area contributed by atoms with Gasteiger partial charge in [0.2, 0.25) is 0 Å². The van der Waals surface area contributed by atoms with Gasteiger partial charge >= 0.3 is 0 Å². The molecule has 0 unspecified atom stereocenters. The van der Waals surface area contributed by atoms with Crippen molar-refractivity contribution in [3.63, 3.8) is 0 Å². The Morgan fingerprint density at radius 2 is 1.85 bits per heavy atom. The average Bonchev–Trinajstić information content (AvgIpc) is 2.87. The van der Waals surface area contributed by atoms with Crippen LogP contribution in [0.15, 0.2) is 48.7 Å². The Bertz CT molecular complexity index is 722. The Morgan fingerprint density at radius 3 is 2.70 bits per heavy atom. The van der Waals surface area contributed by atoms with Gasteiger partial charge in [0.05, 0.1) is 10.7 Å². The number of hydrogen-bond donors (Lipinski definition) is 2. The van der Waals surface area contributed by atoms with Crippen LogP contribution in [0.2, 0.25) is 10.0 Å². The lowest BCUT2D eigenvalue weighted by Crippen LogP contribution is -1.99. The van der Waals surface area contributed by atoms with Gasteiger partial charge in [0.25, 0.3) is 0 Å². The van der Waals surface area contributed by atoms with Crippen LogP contribution in [0.3, 0.4) is 0 Å². The van der Waals surface area contributed by atoms with Gasteiger partial charge in [-0.05, 0) is 47.3 Å². The Labute approximate surface area is 133 Å². The predicted octanol–water partition coefficient (Wildman–Crippen LogP) is 5.51. The van der Waals surface area contributed by atoms with Crippen LogP contribution in [-0.4, -0.2) is 4.98 Å². The molecule has 0 aliphatic heterocycles. The number of halogens is 3. The molecule has 0 aliphatic carbocycles. The molecule has 0 radical (unpaired) electrons. The lowest BCUT2D eigenvalue weighted by molar-refractivity contribution is 1.15. The van der Waals surface area contributed by atoms with Gasteiger partial charge in [-0.3, -0.25) is 0 Å². The van der Waals surface area contributed by atoms with Gasteiger partial charge in [-0.25, -0.2) is 0 Å². The third-order valence-corrected chi connectivity index (χ3v) is 3.59. The fraction of sp³-hybridized carbons (Fsp3) is 0.0667. The standard InChI is InChI=1S/C15H12Cl2N2.ClH/c16-12-2-3-13(17)15(8-12)19-9-10-1-4-14-11(7-10)5-6-18-14;/h1-8,18-19H,9H2;1H. The van der Waals surface area contributed by atoms with E-state index in [1.165, 1.54) is 10.9 Å². The molecule has 0 saturated heterocycles. The van der Waals surface area contributed by atoms with E-state index < -0.39 is 0 Å². The molecule has 0 atom stereocenters. The summed E-state index contributed by atoms with van der Waals surface area (Å²) in [6.07, 6.45) is 1.94. The van der Waals surface area contributed by atoms with E-state index in [2.05, 4.69) is 34.6 Å². The van der Waals surface area contributed by atoms with E-state index in [0.717, 1.165) is 11.2 Å². The van der Waals surface area contributed by atoms with Gasteiger partial charge in [0, 0.05) is 23.3 Å². The Balaban J connectivity index is 0.00000147. The number of aromatic amines is 1. The Kier molecular flexibility index (Phi) is 4.81. The first kappa shape index (κ1) is 15.0. The fourth-order valence-electron chi connectivity index (χ4n) is 2.04. The van der Waals surface area contributed by atoms with E-state index in [0.29, 0.717) is 16.6 Å². The molecule has 5 heteroatoms. The third kappa shape index (κ3) is 3.21. The van der Waals surface area contributed by atoms with Crippen LogP contribution >= 0.6 is 35.6 Å². The summed E-state index contributed by atoms with van der Waals surface area (Å²) in [7, 11) is 0. The molecule has 3 aromatic rings. The van der Waals surface area contributed by atoms with Crippen molar-refractivity contribution in [3.05, 3.63) is 64.3 Å². The van der Waals surface area contributed by atoms with Gasteiger partial charge in [-0.2, -0.15) is 0 Å². The van der Waals surface area contributed by atoms with Gasteiger partial charge in [0.1, 0.15) is 0 Å². The highest BCUT2D eigenvalue weighted by Gasteiger charge is 2.02. The molecule has 3 rings (SSSR count).